The van der Waals surface area contributed by atoms with E-state index in [1.165, 1.54) is 17.3 Å². The number of allylic oxidation sites excluding steroid dienone is 1. The van der Waals surface area contributed by atoms with Gasteiger partial charge in [0.2, 0.25) is 0 Å². The molecule has 0 amide bonds. The molecule has 0 saturated carbocycles. The smallest absolute Gasteiger partial charge is 0.258 e. The first-order chi connectivity index (χ1) is 14.2. The second-order valence-electron chi connectivity index (χ2n) is 6.69. The van der Waals surface area contributed by atoms with Gasteiger partial charge >= 0.3 is 0 Å². The number of hydrogen-bond acceptors (Lipinski definition) is 5. The molecule has 4 rings (SSSR count). The molecule has 2 heterocycles. The second kappa shape index (κ2) is 8.45. The van der Waals surface area contributed by atoms with Crippen LogP contribution in [0, 0.1) is 0 Å². The predicted octanol–water partition coefficient (Wildman–Crippen LogP) is 4.14. The van der Waals surface area contributed by atoms with Crippen LogP contribution in [0.15, 0.2) is 77.2 Å². The Kier molecular flexibility index (Phi) is 5.57. The van der Waals surface area contributed by atoms with Crippen molar-refractivity contribution >= 4 is 22.7 Å². The summed E-state index contributed by atoms with van der Waals surface area (Å²) < 4.78 is 2.06. The molecule has 6 nitrogen and oxygen atoms in total. The first-order valence-electron chi connectivity index (χ1n) is 9.38. The van der Waals surface area contributed by atoms with Gasteiger partial charge in [0, 0.05) is 13.0 Å². The van der Waals surface area contributed by atoms with E-state index in [2.05, 4.69) is 43.4 Å². The van der Waals surface area contributed by atoms with E-state index in [9.17, 15) is 4.79 Å². The van der Waals surface area contributed by atoms with Gasteiger partial charge in [-0.15, -0.1) is 16.8 Å². The molecule has 0 saturated heterocycles. The van der Waals surface area contributed by atoms with Crippen LogP contribution < -0.4 is 5.56 Å². The van der Waals surface area contributed by atoms with E-state index in [0.717, 1.165) is 11.0 Å². The van der Waals surface area contributed by atoms with Gasteiger partial charge in [-0.1, -0.05) is 60.3 Å². The molecule has 146 valence electrons. The van der Waals surface area contributed by atoms with Crippen molar-refractivity contribution in [3.8, 4) is 0 Å². The molecule has 0 radical (unpaired) electrons. The van der Waals surface area contributed by atoms with E-state index in [1.54, 1.807) is 6.07 Å². The number of rotatable bonds is 7. The molecule has 7 heteroatoms. The highest BCUT2D eigenvalue weighted by Gasteiger charge is 2.18. The molecule has 4 aromatic rings. The van der Waals surface area contributed by atoms with Gasteiger partial charge < -0.3 is 9.55 Å². The average Bonchev–Trinajstić information content (AvgIpc) is 3.10. The Hall–Kier alpha value is -3.19. The Morgan fingerprint density at radius 1 is 1.14 bits per heavy atom. The van der Waals surface area contributed by atoms with Crippen LogP contribution in [0.1, 0.15) is 29.4 Å². The van der Waals surface area contributed by atoms with Crippen molar-refractivity contribution in [3.05, 3.63) is 94.8 Å². The fraction of sp³-hybridized carbons (Fsp3) is 0.182. The summed E-state index contributed by atoms with van der Waals surface area (Å²) in [5.41, 5.74) is 1.74. The number of thioether (sulfide) groups is 1. The topological polar surface area (TPSA) is 76.5 Å². The van der Waals surface area contributed by atoms with Gasteiger partial charge in [0.05, 0.1) is 16.2 Å². The monoisotopic (exact) mass is 403 g/mol. The molecule has 0 aliphatic rings. The highest BCUT2D eigenvalue weighted by molar-refractivity contribution is 7.99. The summed E-state index contributed by atoms with van der Waals surface area (Å²) in [6, 6.07) is 17.5. The second-order valence-corrected chi connectivity index (χ2v) is 8.00. The Morgan fingerprint density at radius 2 is 1.90 bits per heavy atom. The van der Waals surface area contributed by atoms with Crippen LogP contribution in [0.2, 0.25) is 0 Å². The zero-order chi connectivity index (χ0) is 20.2. The predicted molar refractivity (Wildman–Crippen MR) is 116 cm³/mol. The van der Waals surface area contributed by atoms with Crippen molar-refractivity contribution in [3.63, 3.8) is 0 Å². The Bertz CT molecular complexity index is 1200. The summed E-state index contributed by atoms with van der Waals surface area (Å²) in [7, 11) is 0. The van der Waals surface area contributed by atoms with Crippen molar-refractivity contribution < 1.29 is 0 Å². The summed E-state index contributed by atoms with van der Waals surface area (Å²) in [5.74, 6) is 1.50. The largest absolute Gasteiger partial charge is 0.309 e. The SMILES string of the molecule is C=CCn1c(Cc2ccccc2)nnc1SC(C)c1nc2ccccc2c(=O)[nH]1. The van der Waals surface area contributed by atoms with Gasteiger partial charge in [-0.2, -0.15) is 0 Å². The fourth-order valence-electron chi connectivity index (χ4n) is 3.14. The van der Waals surface area contributed by atoms with Gasteiger partial charge in [-0.05, 0) is 24.6 Å². The van der Waals surface area contributed by atoms with Crippen molar-refractivity contribution in [1.82, 2.24) is 24.7 Å². The average molecular weight is 404 g/mol. The minimum atomic E-state index is -0.129. The molecule has 1 atom stereocenters. The molecular formula is C22H21N5OS. The van der Waals surface area contributed by atoms with Crippen molar-refractivity contribution in [2.75, 3.05) is 0 Å². The first kappa shape index (κ1) is 19.1. The van der Waals surface area contributed by atoms with E-state index in [-0.39, 0.29) is 10.8 Å². The van der Waals surface area contributed by atoms with Crippen LogP contribution in [0.25, 0.3) is 10.9 Å². The number of nitrogens with zero attached hydrogens (tertiary/aromatic N) is 4. The quantitative estimate of drug-likeness (QED) is 0.371. The number of benzene rings is 2. The Labute approximate surface area is 172 Å². The minimum Gasteiger partial charge on any atom is -0.309 e. The Morgan fingerprint density at radius 3 is 2.69 bits per heavy atom. The maximum absolute atomic E-state index is 12.4. The molecule has 29 heavy (non-hydrogen) atoms. The molecule has 2 aromatic carbocycles. The summed E-state index contributed by atoms with van der Waals surface area (Å²) in [6.07, 6.45) is 2.53. The number of aromatic nitrogens is 5. The van der Waals surface area contributed by atoms with E-state index < -0.39 is 0 Å². The van der Waals surface area contributed by atoms with E-state index in [4.69, 9.17) is 0 Å². The van der Waals surface area contributed by atoms with Crippen LogP contribution >= 0.6 is 11.8 Å². The fourth-order valence-corrected chi connectivity index (χ4v) is 4.07. The lowest BCUT2D eigenvalue weighted by Crippen LogP contribution is -2.13. The third-order valence-electron chi connectivity index (χ3n) is 4.61. The van der Waals surface area contributed by atoms with Crippen molar-refractivity contribution in [2.24, 2.45) is 0 Å². The van der Waals surface area contributed by atoms with Gasteiger partial charge in [0.15, 0.2) is 5.16 Å². The van der Waals surface area contributed by atoms with E-state index in [0.29, 0.717) is 29.7 Å². The zero-order valence-corrected chi connectivity index (χ0v) is 16.9. The van der Waals surface area contributed by atoms with Crippen LogP contribution in [-0.2, 0) is 13.0 Å². The van der Waals surface area contributed by atoms with Crippen LogP contribution in [0.5, 0.6) is 0 Å². The van der Waals surface area contributed by atoms with E-state index >= 15 is 0 Å². The minimum absolute atomic E-state index is 0.0929. The van der Waals surface area contributed by atoms with E-state index in [1.807, 2.05) is 49.4 Å². The Balaban J connectivity index is 1.62. The maximum Gasteiger partial charge on any atom is 0.258 e. The molecule has 0 spiro atoms. The number of H-pyrrole nitrogens is 1. The number of nitrogens with one attached hydrogen (secondary N) is 1. The molecule has 1 N–H and O–H groups in total. The number of hydrogen-bond donors (Lipinski definition) is 1. The lowest BCUT2D eigenvalue weighted by molar-refractivity contribution is 0.688. The number of para-hydroxylation sites is 1. The summed E-state index contributed by atoms with van der Waals surface area (Å²) in [4.78, 5) is 19.9. The van der Waals surface area contributed by atoms with Gasteiger partial charge in [-0.3, -0.25) is 4.79 Å². The molecule has 2 aromatic heterocycles. The highest BCUT2D eigenvalue weighted by Crippen LogP contribution is 2.32. The standard InChI is InChI=1S/C22H21N5OS/c1-3-13-27-19(14-16-9-5-4-6-10-16)25-26-22(27)29-15(2)20-23-18-12-8-7-11-17(18)21(28)24-20/h3-12,15H,1,13-14H2,2H3,(H,23,24,28). The number of aromatic amines is 1. The van der Waals surface area contributed by atoms with Crippen LogP contribution in [-0.4, -0.2) is 24.7 Å². The van der Waals surface area contributed by atoms with Crippen molar-refractivity contribution in [2.45, 2.75) is 30.3 Å². The van der Waals surface area contributed by atoms with Crippen molar-refractivity contribution in [1.29, 1.82) is 0 Å². The molecule has 0 aliphatic heterocycles. The maximum atomic E-state index is 12.4. The molecular weight excluding hydrogens is 382 g/mol. The first-order valence-corrected chi connectivity index (χ1v) is 10.3. The van der Waals surface area contributed by atoms with Crippen LogP contribution in [0.3, 0.4) is 0 Å². The highest BCUT2D eigenvalue weighted by atomic mass is 32.2. The molecule has 0 fully saturated rings. The third kappa shape index (κ3) is 4.14. The third-order valence-corrected chi connectivity index (χ3v) is 5.70. The van der Waals surface area contributed by atoms with Gasteiger partial charge in [0.25, 0.3) is 5.56 Å². The molecule has 0 bridgehead atoms. The zero-order valence-electron chi connectivity index (χ0n) is 16.1. The summed E-state index contributed by atoms with van der Waals surface area (Å²) >= 11 is 1.52. The normalized spacial score (nSPS) is 12.2. The summed E-state index contributed by atoms with van der Waals surface area (Å²) in [6.45, 7) is 6.48. The lowest BCUT2D eigenvalue weighted by Gasteiger charge is -2.12. The number of fused-ring (bicyclic) bond motifs is 1. The lowest BCUT2D eigenvalue weighted by atomic mass is 10.1. The van der Waals surface area contributed by atoms with Gasteiger partial charge in [0.1, 0.15) is 11.6 Å². The molecule has 1 unspecified atom stereocenters. The summed E-state index contributed by atoms with van der Waals surface area (Å²) in [5, 5.41) is 10.1. The van der Waals surface area contributed by atoms with Crippen LogP contribution in [0.4, 0.5) is 0 Å². The van der Waals surface area contributed by atoms with Gasteiger partial charge in [-0.25, -0.2) is 4.98 Å². The molecule has 0 aliphatic carbocycles.